The average Bonchev–Trinajstić information content (AvgIpc) is 2.72. The van der Waals surface area contributed by atoms with Gasteiger partial charge in [0.2, 0.25) is 0 Å². The number of carbonyl (C=O) groups is 2. The van der Waals surface area contributed by atoms with Crippen molar-refractivity contribution in [2.24, 2.45) is 5.73 Å². The summed E-state index contributed by atoms with van der Waals surface area (Å²) in [5.41, 5.74) is 11.2. The van der Waals surface area contributed by atoms with E-state index in [2.05, 4.69) is 15.6 Å². The van der Waals surface area contributed by atoms with Crippen LogP contribution in [0, 0.1) is 0 Å². The van der Waals surface area contributed by atoms with Crippen molar-refractivity contribution in [3.8, 4) is 0 Å². The molecule has 3 amide bonds. The van der Waals surface area contributed by atoms with Crippen molar-refractivity contribution in [1.82, 2.24) is 15.6 Å². The van der Waals surface area contributed by atoms with E-state index in [0.717, 1.165) is 10.2 Å². The summed E-state index contributed by atoms with van der Waals surface area (Å²) in [6.07, 6.45) is 1.65. The van der Waals surface area contributed by atoms with Crippen LogP contribution in [0.25, 0.3) is 10.2 Å². The maximum atomic E-state index is 11.9. The summed E-state index contributed by atoms with van der Waals surface area (Å²) in [5.74, 6) is -0.285. The first-order valence-corrected chi connectivity index (χ1v) is 6.35. The summed E-state index contributed by atoms with van der Waals surface area (Å²) in [7, 11) is 0. The summed E-state index contributed by atoms with van der Waals surface area (Å²) in [4.78, 5) is 27.7. The molecule has 7 nitrogen and oxygen atoms in total. The molecule has 2 aromatic rings. The lowest BCUT2D eigenvalue weighted by atomic mass is 10.2. The largest absolute Gasteiger partial charge is 0.397 e. The SMILES string of the molecule is NC(=O)NCCNC(=O)c1sc2ncccc2c1N. The van der Waals surface area contributed by atoms with Crippen molar-refractivity contribution in [3.05, 3.63) is 23.2 Å². The molecule has 0 aliphatic heterocycles. The Bertz CT molecular complexity index is 625. The molecule has 0 atom stereocenters. The van der Waals surface area contributed by atoms with Gasteiger partial charge in [0.1, 0.15) is 9.71 Å². The van der Waals surface area contributed by atoms with E-state index in [0.29, 0.717) is 10.6 Å². The van der Waals surface area contributed by atoms with Gasteiger partial charge in [-0.2, -0.15) is 0 Å². The first-order chi connectivity index (χ1) is 9.09. The number of nitrogens with zero attached hydrogens (tertiary/aromatic N) is 1. The third-order valence-electron chi connectivity index (χ3n) is 2.42. The van der Waals surface area contributed by atoms with E-state index < -0.39 is 6.03 Å². The maximum Gasteiger partial charge on any atom is 0.312 e. The van der Waals surface area contributed by atoms with Crippen molar-refractivity contribution in [3.63, 3.8) is 0 Å². The molecule has 0 aliphatic rings. The first-order valence-electron chi connectivity index (χ1n) is 5.54. The molecule has 0 radical (unpaired) electrons. The van der Waals surface area contributed by atoms with E-state index in [9.17, 15) is 9.59 Å². The molecule has 2 heterocycles. The lowest BCUT2D eigenvalue weighted by Crippen LogP contribution is -2.37. The quantitative estimate of drug-likeness (QED) is 0.600. The van der Waals surface area contributed by atoms with E-state index in [4.69, 9.17) is 11.5 Å². The van der Waals surface area contributed by atoms with Crippen LogP contribution in [-0.4, -0.2) is 30.0 Å². The zero-order valence-electron chi connectivity index (χ0n) is 9.97. The van der Waals surface area contributed by atoms with Crippen molar-refractivity contribution in [2.45, 2.75) is 0 Å². The molecule has 8 heteroatoms. The number of urea groups is 1. The van der Waals surface area contributed by atoms with Gasteiger partial charge in [-0.25, -0.2) is 9.78 Å². The number of anilines is 1. The monoisotopic (exact) mass is 279 g/mol. The molecule has 2 rings (SSSR count). The molecule has 0 fully saturated rings. The minimum absolute atomic E-state index is 0.268. The van der Waals surface area contributed by atoms with Gasteiger partial charge in [0, 0.05) is 24.7 Å². The second-order valence-corrected chi connectivity index (χ2v) is 4.75. The molecule has 2 aromatic heterocycles. The molecule has 0 aliphatic carbocycles. The molecule has 0 aromatic carbocycles. The first kappa shape index (κ1) is 13.1. The molecule has 0 saturated carbocycles. The van der Waals surface area contributed by atoms with Crippen molar-refractivity contribution < 1.29 is 9.59 Å². The van der Waals surface area contributed by atoms with Crippen LogP contribution in [0.2, 0.25) is 0 Å². The van der Waals surface area contributed by atoms with Gasteiger partial charge in [-0.15, -0.1) is 11.3 Å². The number of nitrogens with two attached hydrogens (primary N) is 2. The second-order valence-electron chi connectivity index (χ2n) is 3.75. The Morgan fingerprint density at radius 2 is 2.05 bits per heavy atom. The molecule has 100 valence electrons. The summed E-state index contributed by atoms with van der Waals surface area (Å²) in [5, 5.41) is 5.80. The fourth-order valence-electron chi connectivity index (χ4n) is 1.56. The normalized spacial score (nSPS) is 10.3. The topological polar surface area (TPSA) is 123 Å². The minimum Gasteiger partial charge on any atom is -0.397 e. The fourth-order valence-corrected chi connectivity index (χ4v) is 2.54. The highest BCUT2D eigenvalue weighted by Gasteiger charge is 2.16. The molecular weight excluding hydrogens is 266 g/mol. The zero-order chi connectivity index (χ0) is 13.8. The van der Waals surface area contributed by atoms with Crippen LogP contribution in [0.3, 0.4) is 0 Å². The minimum atomic E-state index is -0.625. The Morgan fingerprint density at radius 1 is 1.32 bits per heavy atom. The summed E-state index contributed by atoms with van der Waals surface area (Å²) >= 11 is 1.24. The number of primary amides is 1. The van der Waals surface area contributed by atoms with E-state index in [1.165, 1.54) is 11.3 Å². The van der Waals surface area contributed by atoms with E-state index >= 15 is 0 Å². The molecule has 0 saturated heterocycles. The number of pyridine rings is 1. The Hall–Kier alpha value is -2.35. The lowest BCUT2D eigenvalue weighted by Gasteiger charge is -2.04. The number of fused-ring (bicyclic) bond motifs is 1. The van der Waals surface area contributed by atoms with Gasteiger partial charge in [0.05, 0.1) is 5.69 Å². The van der Waals surface area contributed by atoms with E-state index in [-0.39, 0.29) is 19.0 Å². The lowest BCUT2D eigenvalue weighted by molar-refractivity contribution is 0.0959. The van der Waals surface area contributed by atoms with Crippen molar-refractivity contribution in [2.75, 3.05) is 18.8 Å². The van der Waals surface area contributed by atoms with E-state index in [1.54, 1.807) is 12.3 Å². The van der Waals surface area contributed by atoms with Gasteiger partial charge in [-0.1, -0.05) is 0 Å². The second kappa shape index (κ2) is 5.53. The van der Waals surface area contributed by atoms with Gasteiger partial charge in [-0.3, -0.25) is 4.79 Å². The van der Waals surface area contributed by atoms with Gasteiger partial charge in [0.15, 0.2) is 0 Å². The third-order valence-corrected chi connectivity index (χ3v) is 3.55. The summed E-state index contributed by atoms with van der Waals surface area (Å²) < 4.78 is 0. The predicted octanol–water partition coefficient (Wildman–Crippen LogP) is 0.277. The van der Waals surface area contributed by atoms with Crippen LogP contribution in [0.5, 0.6) is 0 Å². The number of hydrogen-bond acceptors (Lipinski definition) is 5. The Balaban J connectivity index is 2.05. The van der Waals surface area contributed by atoms with Crippen LogP contribution in [0.4, 0.5) is 10.5 Å². The standard InChI is InChI=1S/C11H13N5O2S/c12-7-6-2-1-3-15-10(6)19-8(7)9(17)14-4-5-16-11(13)18/h1-3H,4-5,12H2,(H,14,17)(H3,13,16,18). The van der Waals surface area contributed by atoms with Crippen LogP contribution in [0.15, 0.2) is 18.3 Å². The number of carbonyl (C=O) groups excluding carboxylic acids is 2. The van der Waals surface area contributed by atoms with Gasteiger partial charge < -0.3 is 22.1 Å². The molecule has 19 heavy (non-hydrogen) atoms. The third kappa shape index (κ3) is 2.91. The number of thiophene rings is 1. The van der Waals surface area contributed by atoms with Gasteiger partial charge >= 0.3 is 6.03 Å². The maximum absolute atomic E-state index is 11.9. The van der Waals surface area contributed by atoms with Crippen LogP contribution < -0.4 is 22.1 Å². The number of nitrogen functional groups attached to an aromatic ring is 1. The van der Waals surface area contributed by atoms with Gasteiger partial charge in [0.25, 0.3) is 5.91 Å². The van der Waals surface area contributed by atoms with Gasteiger partial charge in [-0.05, 0) is 12.1 Å². The number of aromatic nitrogens is 1. The number of rotatable bonds is 4. The summed E-state index contributed by atoms with van der Waals surface area (Å²) in [6, 6.07) is 2.96. The predicted molar refractivity (Wildman–Crippen MR) is 74.0 cm³/mol. The smallest absolute Gasteiger partial charge is 0.312 e. The van der Waals surface area contributed by atoms with Crippen LogP contribution in [0.1, 0.15) is 9.67 Å². The molecular formula is C11H13N5O2S. The number of amides is 3. The number of hydrogen-bond donors (Lipinski definition) is 4. The van der Waals surface area contributed by atoms with Crippen molar-refractivity contribution >= 4 is 39.2 Å². The Morgan fingerprint density at radius 3 is 2.74 bits per heavy atom. The zero-order valence-corrected chi connectivity index (χ0v) is 10.8. The average molecular weight is 279 g/mol. The Labute approximate surface area is 113 Å². The Kier molecular flexibility index (Phi) is 3.81. The van der Waals surface area contributed by atoms with E-state index in [1.807, 2.05) is 6.07 Å². The molecule has 0 spiro atoms. The molecule has 0 bridgehead atoms. The van der Waals surface area contributed by atoms with Crippen LogP contribution in [-0.2, 0) is 0 Å². The number of nitrogens with one attached hydrogen (secondary N) is 2. The highest BCUT2D eigenvalue weighted by Crippen LogP contribution is 2.31. The molecule has 0 unspecified atom stereocenters. The molecule has 6 N–H and O–H groups in total. The van der Waals surface area contributed by atoms with Crippen LogP contribution >= 0.6 is 11.3 Å². The highest BCUT2D eigenvalue weighted by molar-refractivity contribution is 7.21. The fraction of sp³-hybridized carbons (Fsp3) is 0.182. The highest BCUT2D eigenvalue weighted by atomic mass is 32.1. The van der Waals surface area contributed by atoms with Crippen molar-refractivity contribution in [1.29, 1.82) is 0 Å². The summed E-state index contributed by atoms with van der Waals surface area (Å²) in [6.45, 7) is 0.549.